The zero-order chi connectivity index (χ0) is 11.8. The average molecular weight is 251 g/mol. The quantitative estimate of drug-likeness (QED) is 0.758. The summed E-state index contributed by atoms with van der Waals surface area (Å²) in [7, 11) is 0. The van der Waals surface area contributed by atoms with Crippen LogP contribution in [0.25, 0.3) is 0 Å². The number of Topliss-reactive ketones (excluding diaryl/α,β-unsaturated/α-hetero) is 1. The van der Waals surface area contributed by atoms with Crippen LogP contribution in [0.5, 0.6) is 0 Å². The van der Waals surface area contributed by atoms with Crippen molar-refractivity contribution in [1.82, 2.24) is 4.98 Å². The largest absolute Gasteiger partial charge is 0.443 e. The van der Waals surface area contributed by atoms with Crippen molar-refractivity contribution in [3.05, 3.63) is 16.1 Å². The van der Waals surface area contributed by atoms with E-state index in [-0.39, 0.29) is 4.88 Å². The van der Waals surface area contributed by atoms with Gasteiger partial charge in [-0.25, -0.2) is 4.98 Å². The molecule has 0 bridgehead atoms. The van der Waals surface area contributed by atoms with Gasteiger partial charge in [0, 0.05) is 12.8 Å². The number of alkyl halides is 3. The van der Waals surface area contributed by atoms with E-state index in [0.717, 1.165) is 12.6 Å². The summed E-state index contributed by atoms with van der Waals surface area (Å²) in [5.74, 6) is -0.398. The predicted molar refractivity (Wildman–Crippen MR) is 50.4 cm³/mol. The van der Waals surface area contributed by atoms with Crippen molar-refractivity contribution in [2.24, 2.45) is 0 Å². The van der Waals surface area contributed by atoms with Gasteiger partial charge in [0.15, 0.2) is 5.01 Å². The van der Waals surface area contributed by atoms with E-state index in [9.17, 15) is 18.0 Å². The molecule has 3 nitrogen and oxygen atoms in total. The van der Waals surface area contributed by atoms with Gasteiger partial charge in [0.05, 0.1) is 4.88 Å². The monoisotopic (exact) mass is 251 g/mol. The van der Waals surface area contributed by atoms with Gasteiger partial charge in [0.2, 0.25) is 5.78 Å². The second kappa shape index (κ2) is 4.14. The number of carbonyl (C=O) groups is 1. The molecule has 1 saturated heterocycles. The Morgan fingerprint density at radius 2 is 2.31 bits per heavy atom. The summed E-state index contributed by atoms with van der Waals surface area (Å²) in [6.45, 7) is 0.487. The van der Waals surface area contributed by atoms with Crippen LogP contribution in [-0.2, 0) is 10.9 Å². The van der Waals surface area contributed by atoms with Crippen molar-refractivity contribution in [3.63, 3.8) is 0 Å². The smallest absolute Gasteiger partial charge is 0.370 e. The number of ether oxygens (including phenoxy) is 1. The summed E-state index contributed by atoms with van der Waals surface area (Å²) < 4.78 is 41.9. The van der Waals surface area contributed by atoms with Crippen molar-refractivity contribution < 1.29 is 22.7 Å². The first-order valence-electron chi connectivity index (χ1n) is 4.67. The van der Waals surface area contributed by atoms with E-state index in [1.165, 1.54) is 0 Å². The number of thiazole rings is 1. The fourth-order valence-corrected chi connectivity index (χ4v) is 2.23. The van der Waals surface area contributed by atoms with Crippen molar-refractivity contribution in [2.75, 3.05) is 6.61 Å². The van der Waals surface area contributed by atoms with Gasteiger partial charge >= 0.3 is 6.18 Å². The van der Waals surface area contributed by atoms with Crippen molar-refractivity contribution in [3.8, 4) is 0 Å². The van der Waals surface area contributed by atoms with Crippen LogP contribution in [0.15, 0.2) is 6.20 Å². The number of carbonyl (C=O) groups excluding carboxylic acids is 1. The Kier molecular flexibility index (Phi) is 2.98. The summed E-state index contributed by atoms with van der Waals surface area (Å²) in [5.41, 5.74) is 0. The third-order valence-electron chi connectivity index (χ3n) is 2.21. The molecular formula is C9H8F3NO2S. The standard InChI is InChI=1S/C9H8F3NO2S/c10-9(11,12)8-13-4-6(16-8)7(14)5-2-1-3-15-5/h4-5H,1-3H2. The molecule has 2 rings (SSSR count). The van der Waals surface area contributed by atoms with Crippen LogP contribution >= 0.6 is 11.3 Å². The molecule has 1 unspecified atom stereocenters. The van der Waals surface area contributed by atoms with Gasteiger partial charge in [-0.1, -0.05) is 0 Å². The molecule has 0 spiro atoms. The molecule has 1 aliphatic heterocycles. The van der Waals surface area contributed by atoms with Crippen molar-refractivity contribution in [1.29, 1.82) is 0 Å². The summed E-state index contributed by atoms with van der Waals surface area (Å²) in [6, 6.07) is 0. The highest BCUT2D eigenvalue weighted by Crippen LogP contribution is 2.33. The minimum absolute atomic E-state index is 0.0132. The van der Waals surface area contributed by atoms with E-state index in [2.05, 4.69) is 4.98 Å². The van der Waals surface area contributed by atoms with Crippen LogP contribution in [0.1, 0.15) is 27.5 Å². The molecule has 0 saturated carbocycles. The Labute approximate surface area is 93.2 Å². The minimum atomic E-state index is -4.49. The van der Waals surface area contributed by atoms with Crippen LogP contribution in [0, 0.1) is 0 Å². The molecule has 2 heterocycles. The molecule has 0 amide bonds. The van der Waals surface area contributed by atoms with E-state index in [1.54, 1.807) is 0 Å². The van der Waals surface area contributed by atoms with Crippen molar-refractivity contribution >= 4 is 17.1 Å². The maximum Gasteiger partial charge on any atom is 0.443 e. The molecule has 1 atom stereocenters. The van der Waals surface area contributed by atoms with E-state index >= 15 is 0 Å². The second-order valence-corrected chi connectivity index (χ2v) is 4.42. The number of rotatable bonds is 2. The summed E-state index contributed by atoms with van der Waals surface area (Å²) in [6.07, 6.45) is -2.78. The molecule has 0 radical (unpaired) electrons. The van der Waals surface area contributed by atoms with E-state index in [1.807, 2.05) is 0 Å². The number of ketones is 1. The van der Waals surface area contributed by atoms with Gasteiger partial charge in [0.25, 0.3) is 0 Å². The molecule has 1 aliphatic rings. The lowest BCUT2D eigenvalue weighted by molar-refractivity contribution is -0.137. The van der Waals surface area contributed by atoms with Crippen LogP contribution in [0.3, 0.4) is 0 Å². The lowest BCUT2D eigenvalue weighted by Crippen LogP contribution is -2.18. The van der Waals surface area contributed by atoms with E-state index < -0.39 is 23.1 Å². The Hall–Kier alpha value is -0.950. The third-order valence-corrected chi connectivity index (χ3v) is 3.27. The van der Waals surface area contributed by atoms with Crippen LogP contribution < -0.4 is 0 Å². The van der Waals surface area contributed by atoms with Gasteiger partial charge in [-0.2, -0.15) is 13.2 Å². The van der Waals surface area contributed by atoms with Gasteiger partial charge in [-0.15, -0.1) is 11.3 Å². The predicted octanol–water partition coefficient (Wildman–Crippen LogP) is 2.52. The van der Waals surface area contributed by atoms with Crippen LogP contribution in [0.2, 0.25) is 0 Å². The number of hydrogen-bond acceptors (Lipinski definition) is 4. The maximum absolute atomic E-state index is 12.2. The molecule has 1 fully saturated rings. The highest BCUT2D eigenvalue weighted by molar-refractivity contribution is 7.13. The second-order valence-electron chi connectivity index (χ2n) is 3.39. The zero-order valence-electron chi connectivity index (χ0n) is 8.08. The van der Waals surface area contributed by atoms with Crippen molar-refractivity contribution in [2.45, 2.75) is 25.1 Å². The van der Waals surface area contributed by atoms with Gasteiger partial charge in [0.1, 0.15) is 6.10 Å². The van der Waals surface area contributed by atoms with E-state index in [0.29, 0.717) is 24.4 Å². The first kappa shape index (κ1) is 11.5. The van der Waals surface area contributed by atoms with Crippen LogP contribution in [-0.4, -0.2) is 23.5 Å². The Morgan fingerprint density at radius 3 is 2.81 bits per heavy atom. The summed E-state index contributed by atoms with van der Waals surface area (Å²) >= 11 is 0.369. The number of nitrogens with zero attached hydrogens (tertiary/aromatic N) is 1. The summed E-state index contributed by atoms with van der Waals surface area (Å²) in [4.78, 5) is 14.9. The molecule has 0 aliphatic carbocycles. The average Bonchev–Trinajstić information content (AvgIpc) is 2.87. The van der Waals surface area contributed by atoms with Gasteiger partial charge in [-0.3, -0.25) is 4.79 Å². The highest BCUT2D eigenvalue weighted by atomic mass is 32.1. The first-order valence-corrected chi connectivity index (χ1v) is 5.49. The Balaban J connectivity index is 2.15. The Bertz CT molecular complexity index is 396. The lowest BCUT2D eigenvalue weighted by atomic mass is 10.1. The topological polar surface area (TPSA) is 39.2 Å². The normalized spacial score (nSPS) is 21.3. The fraction of sp³-hybridized carbons (Fsp3) is 0.556. The third kappa shape index (κ3) is 2.25. The van der Waals surface area contributed by atoms with Gasteiger partial charge < -0.3 is 4.74 Å². The highest BCUT2D eigenvalue weighted by Gasteiger charge is 2.36. The van der Waals surface area contributed by atoms with E-state index in [4.69, 9.17) is 4.74 Å². The molecule has 88 valence electrons. The molecule has 1 aromatic heterocycles. The van der Waals surface area contributed by atoms with Gasteiger partial charge in [-0.05, 0) is 12.8 Å². The molecule has 0 aromatic carbocycles. The molecule has 16 heavy (non-hydrogen) atoms. The number of halogens is 3. The fourth-order valence-electron chi connectivity index (χ4n) is 1.46. The molecule has 7 heteroatoms. The summed E-state index contributed by atoms with van der Waals surface area (Å²) in [5, 5.41) is -0.992. The zero-order valence-corrected chi connectivity index (χ0v) is 8.90. The number of aromatic nitrogens is 1. The maximum atomic E-state index is 12.2. The van der Waals surface area contributed by atoms with Crippen LogP contribution in [0.4, 0.5) is 13.2 Å². The molecule has 1 aromatic rings. The molecule has 0 N–H and O–H groups in total. The molecular weight excluding hydrogens is 243 g/mol. The SMILES string of the molecule is O=C(c1cnc(C(F)(F)F)s1)C1CCCO1. The lowest BCUT2D eigenvalue weighted by Gasteiger charge is -2.04. The first-order chi connectivity index (χ1) is 7.48. The minimum Gasteiger partial charge on any atom is -0.370 e. The number of hydrogen-bond donors (Lipinski definition) is 0. The Morgan fingerprint density at radius 1 is 1.56 bits per heavy atom.